The van der Waals surface area contributed by atoms with E-state index in [-0.39, 0.29) is 32.5 Å². The Morgan fingerprint density at radius 2 is 1.95 bits per heavy atom. The van der Waals surface area contributed by atoms with Crippen LogP contribution in [-0.4, -0.2) is 24.9 Å². The molecule has 0 aliphatic carbocycles. The summed E-state index contributed by atoms with van der Waals surface area (Å²) in [4.78, 5) is 0.0137. The van der Waals surface area contributed by atoms with Crippen LogP contribution in [0.2, 0.25) is 5.02 Å². The molecule has 2 heterocycles. The maximum atomic E-state index is 9.22. The van der Waals surface area contributed by atoms with E-state index >= 15 is 0 Å². The zero-order chi connectivity index (χ0) is 21.6. The van der Waals surface area contributed by atoms with E-state index in [9.17, 15) is 2.74 Å². The molecular weight excluding hydrogens is 270 g/mol. The van der Waals surface area contributed by atoms with Gasteiger partial charge in [-0.1, -0.05) is 29.8 Å². The molecule has 4 rings (SSSR count). The van der Waals surface area contributed by atoms with Gasteiger partial charge in [-0.2, -0.15) is 0 Å². The lowest BCUT2D eigenvalue weighted by Crippen LogP contribution is -2.14. The van der Waals surface area contributed by atoms with E-state index in [4.69, 9.17) is 25.9 Å². The highest BCUT2D eigenvalue weighted by molar-refractivity contribution is 6.30. The van der Waals surface area contributed by atoms with Crippen LogP contribution >= 0.6 is 11.6 Å². The highest BCUT2D eigenvalue weighted by atomic mass is 35.5. The van der Waals surface area contributed by atoms with Crippen molar-refractivity contribution in [3.8, 4) is 11.5 Å². The molecule has 0 amide bonds. The van der Waals surface area contributed by atoms with Crippen molar-refractivity contribution in [3.05, 3.63) is 58.6 Å². The Bertz CT molecular complexity index is 1010. The number of hydrogen-bond donors (Lipinski definition) is 0. The first-order chi connectivity index (χ1) is 13.2. The van der Waals surface area contributed by atoms with E-state index in [1.54, 1.807) is 6.07 Å². The molecule has 102 valence electrons. The summed E-state index contributed by atoms with van der Waals surface area (Å²) in [6.45, 7) is -9.48. The Labute approximate surface area is 136 Å². The number of ether oxygens (including phenoxy) is 1. The summed E-state index contributed by atoms with van der Waals surface area (Å²) in [6, 6.07) is 10.0. The third-order valence-corrected chi connectivity index (χ3v) is 3.52. The first kappa shape index (κ1) is 6.08. The van der Waals surface area contributed by atoms with Gasteiger partial charge < -0.3 is 9.64 Å². The number of benzene rings is 2. The van der Waals surface area contributed by atoms with Gasteiger partial charge in [-0.3, -0.25) is 0 Å². The van der Waals surface area contributed by atoms with E-state index < -0.39 is 31.8 Å². The molecule has 2 aromatic rings. The molecular formula is C17H16ClNO. The van der Waals surface area contributed by atoms with Crippen LogP contribution in [0.3, 0.4) is 0 Å². The van der Waals surface area contributed by atoms with Crippen molar-refractivity contribution < 1.29 is 17.1 Å². The first-order valence-corrected chi connectivity index (χ1v) is 6.46. The summed E-state index contributed by atoms with van der Waals surface area (Å²) in [7, 11) is 0. The van der Waals surface area contributed by atoms with Gasteiger partial charge in [0.25, 0.3) is 0 Å². The molecule has 0 unspecified atom stereocenters. The van der Waals surface area contributed by atoms with Crippen LogP contribution < -0.4 is 4.74 Å². The monoisotopic (exact) mass is 294 g/mol. The van der Waals surface area contributed by atoms with E-state index in [0.29, 0.717) is 0 Å². The lowest BCUT2D eigenvalue weighted by Gasteiger charge is -2.17. The lowest BCUT2D eigenvalue weighted by atomic mass is 9.84. The number of hydrogen-bond acceptors (Lipinski definition) is 2. The Kier molecular flexibility index (Phi) is 1.37. The zero-order valence-electron chi connectivity index (χ0n) is 19.3. The molecule has 0 saturated carbocycles. The van der Waals surface area contributed by atoms with Gasteiger partial charge in [0, 0.05) is 47.7 Å². The third kappa shape index (κ3) is 1.83. The summed E-state index contributed by atoms with van der Waals surface area (Å²) in [5.41, 5.74) is -0.320. The van der Waals surface area contributed by atoms with Crippen LogP contribution in [0.15, 0.2) is 42.5 Å². The molecule has 1 saturated heterocycles. The number of para-hydroxylation sites is 1. The number of halogens is 1. The number of fused-ring (bicyclic) bond motifs is 5. The number of likely N-dealkylation sites (tertiary alicyclic amines) is 1. The third-order valence-electron chi connectivity index (χ3n) is 3.28. The molecule has 0 aromatic heterocycles. The Balaban J connectivity index is 2.22. The van der Waals surface area contributed by atoms with Crippen molar-refractivity contribution in [2.75, 3.05) is 20.0 Å². The number of likely N-dealkylation sites (N-methyl/N-ethyl adjacent to an activating group) is 1. The maximum Gasteiger partial charge on any atom is 0.131 e. The van der Waals surface area contributed by atoms with Crippen molar-refractivity contribution in [1.29, 1.82) is 0 Å². The zero-order valence-corrected chi connectivity index (χ0v) is 11.0. The SMILES string of the molecule is [2H]C([2H])([2H])N1C([2H])([2H])[C@@]2([2H])c3ccccc3Oc3ccc(Cl)cc3[C@]2([2H])C1([2H])[2H]. The highest BCUT2D eigenvalue weighted by Crippen LogP contribution is 2.49. The van der Waals surface area contributed by atoms with Crippen LogP contribution in [0.5, 0.6) is 11.5 Å². The van der Waals surface area contributed by atoms with E-state index in [1.807, 2.05) is 0 Å². The molecule has 0 radical (unpaired) electrons. The second kappa shape index (κ2) is 4.51. The number of rotatable bonds is 0. The minimum Gasteiger partial charge on any atom is -0.457 e. The van der Waals surface area contributed by atoms with Crippen molar-refractivity contribution in [3.63, 3.8) is 0 Å². The fourth-order valence-electron chi connectivity index (χ4n) is 2.42. The number of nitrogens with zero attached hydrogens (tertiary/aromatic N) is 1. The molecule has 20 heavy (non-hydrogen) atoms. The average molecular weight is 295 g/mol. The smallest absolute Gasteiger partial charge is 0.131 e. The molecule has 2 atom stereocenters. The first-order valence-electron chi connectivity index (χ1n) is 10.6. The minimum atomic E-state index is -3.25. The van der Waals surface area contributed by atoms with Gasteiger partial charge in [0.15, 0.2) is 0 Å². The van der Waals surface area contributed by atoms with Gasteiger partial charge in [-0.05, 0) is 36.8 Å². The molecule has 2 aliphatic heterocycles. The molecule has 3 heteroatoms. The second-order valence-corrected chi connectivity index (χ2v) is 4.98. The topological polar surface area (TPSA) is 12.5 Å². The highest BCUT2D eigenvalue weighted by Gasteiger charge is 2.38. The molecule has 0 spiro atoms. The summed E-state index contributed by atoms with van der Waals surface area (Å²) in [5.74, 6) is -5.37. The molecule has 1 fully saturated rings. The van der Waals surface area contributed by atoms with Gasteiger partial charge in [-0.15, -0.1) is 0 Å². The van der Waals surface area contributed by atoms with Crippen molar-refractivity contribution in [2.45, 2.75) is 11.8 Å². The van der Waals surface area contributed by atoms with Gasteiger partial charge in [0.2, 0.25) is 0 Å². The average Bonchev–Trinajstić information content (AvgIpc) is 2.65. The van der Waals surface area contributed by atoms with E-state index in [2.05, 4.69) is 0 Å². The molecule has 0 bridgehead atoms. The van der Waals surface area contributed by atoms with Gasteiger partial charge in [0.05, 0.1) is 0 Å². The fraction of sp³-hybridized carbons (Fsp3) is 0.294. The largest absolute Gasteiger partial charge is 0.457 e. The molecule has 2 aromatic carbocycles. The van der Waals surface area contributed by atoms with Gasteiger partial charge in [-0.25, -0.2) is 0 Å². The predicted molar refractivity (Wildman–Crippen MR) is 80.9 cm³/mol. The second-order valence-electron chi connectivity index (χ2n) is 4.55. The van der Waals surface area contributed by atoms with Crippen LogP contribution in [0, 0.1) is 0 Å². The summed E-state index contributed by atoms with van der Waals surface area (Å²) >= 11 is 6.09. The maximum absolute atomic E-state index is 9.22. The van der Waals surface area contributed by atoms with Crippen LogP contribution in [-0.2, 0) is 0 Å². The summed E-state index contributed by atoms with van der Waals surface area (Å²) in [5, 5.41) is 0.121. The van der Waals surface area contributed by atoms with Crippen LogP contribution in [0.1, 0.15) is 35.3 Å². The molecule has 2 nitrogen and oxygen atoms in total. The summed E-state index contributed by atoms with van der Waals surface area (Å²) < 4.78 is 82.1. The lowest BCUT2D eigenvalue weighted by molar-refractivity contribution is 0.401. The van der Waals surface area contributed by atoms with E-state index in [1.165, 1.54) is 36.4 Å². The van der Waals surface area contributed by atoms with Crippen molar-refractivity contribution >= 4 is 11.6 Å². The van der Waals surface area contributed by atoms with Gasteiger partial charge in [0.1, 0.15) is 11.5 Å². The fourth-order valence-corrected chi connectivity index (χ4v) is 2.59. The Hall–Kier alpha value is -1.51. The van der Waals surface area contributed by atoms with E-state index in [0.717, 1.165) is 0 Å². The quantitative estimate of drug-likeness (QED) is 0.720. The Morgan fingerprint density at radius 1 is 1.20 bits per heavy atom. The van der Waals surface area contributed by atoms with Crippen LogP contribution in [0.4, 0.5) is 0 Å². The van der Waals surface area contributed by atoms with Crippen molar-refractivity contribution in [1.82, 2.24) is 4.90 Å². The summed E-state index contributed by atoms with van der Waals surface area (Å²) in [6.07, 6.45) is 0. The minimum absolute atomic E-state index is 0.0121. The predicted octanol–water partition coefficient (Wildman–Crippen LogP) is 4.26. The van der Waals surface area contributed by atoms with Crippen LogP contribution in [0.25, 0.3) is 0 Å². The van der Waals surface area contributed by atoms with Gasteiger partial charge >= 0.3 is 0 Å². The normalized spacial score (nSPS) is 44.0. The Morgan fingerprint density at radius 3 is 2.80 bits per heavy atom. The van der Waals surface area contributed by atoms with Crippen molar-refractivity contribution in [2.24, 2.45) is 0 Å². The standard InChI is InChI=1S/C17H16ClNO/c1-19-9-14-12-4-2-3-5-16(12)20-17-7-6-11(18)8-13(17)15(14)10-19/h2-8,14-15H,9-10H2,1H3/t14-,15-/m0/s1/i1D3,9D2,10D2,14D,15D. The molecule has 0 N–H and O–H groups in total. The molecule has 2 aliphatic rings.